The number of halogens is 35. The molecule has 0 aromatic heterocycles. The molecule has 0 saturated carbocycles. The lowest BCUT2D eigenvalue weighted by Crippen LogP contribution is -2.80. The summed E-state index contributed by atoms with van der Waals surface area (Å²) in [6.07, 6.45) is -11.5. The minimum Gasteiger partial charge on any atom is -0.200 e. The van der Waals surface area contributed by atoms with Crippen LogP contribution in [0.4, 0.5) is 154 Å². The Morgan fingerprint density at radius 1 is 0.250 bits per heavy atom. The molecule has 0 amide bonds. The van der Waals surface area contributed by atoms with E-state index >= 15 is 0 Å². The molecular formula is C20H7F35S. The van der Waals surface area contributed by atoms with Gasteiger partial charge in [-0.05, 0) is 0 Å². The summed E-state index contributed by atoms with van der Waals surface area (Å²) in [4.78, 5) is 0. The van der Waals surface area contributed by atoms with Gasteiger partial charge in [-0.15, -0.1) is 0 Å². The van der Waals surface area contributed by atoms with Gasteiger partial charge in [0.05, 0.1) is 0 Å². The van der Waals surface area contributed by atoms with E-state index < -0.39 is 113 Å². The van der Waals surface area contributed by atoms with Gasteiger partial charge in [0.1, 0.15) is 0 Å². The number of hydrogen-bond donors (Lipinski definition) is 1. The van der Waals surface area contributed by atoms with Gasteiger partial charge in [-0.25, -0.2) is 0 Å². The SMILES string of the molecule is CC(S)CC(F)(F)C(F)(F)C(F)(F)C(F)(F)C(F)(F)C(F)(F)C(F)(F)C(F)(F)C(F)(F)C(F)(F)C(F)(F)C(F)(F)C(F)(F)C(F)(F)C(F)(F)C(F)(F)C(F)(F)F. The third-order valence-electron chi connectivity index (χ3n) is 6.89. The lowest BCUT2D eigenvalue weighted by molar-refractivity contribution is -0.492. The van der Waals surface area contributed by atoms with Crippen molar-refractivity contribution in [3.8, 4) is 0 Å². The van der Waals surface area contributed by atoms with Crippen LogP contribution in [0.1, 0.15) is 13.3 Å². The van der Waals surface area contributed by atoms with E-state index in [2.05, 4.69) is 12.6 Å². The van der Waals surface area contributed by atoms with Crippen molar-refractivity contribution in [2.24, 2.45) is 0 Å². The summed E-state index contributed by atoms with van der Waals surface area (Å²) in [5.74, 6) is -154. The fourth-order valence-corrected chi connectivity index (χ4v) is 3.70. The number of thiol groups is 1. The molecule has 36 heteroatoms. The fourth-order valence-electron chi connectivity index (χ4n) is 3.47. The van der Waals surface area contributed by atoms with Gasteiger partial charge in [-0.2, -0.15) is 166 Å². The molecule has 0 bridgehead atoms. The van der Waals surface area contributed by atoms with Gasteiger partial charge in [0.15, 0.2) is 0 Å². The molecule has 0 rings (SSSR count). The smallest absolute Gasteiger partial charge is 0.200 e. The first-order valence-corrected chi connectivity index (χ1v) is 12.7. The Labute approximate surface area is 287 Å². The van der Waals surface area contributed by atoms with E-state index in [9.17, 15) is 154 Å². The van der Waals surface area contributed by atoms with E-state index in [1.165, 1.54) is 0 Å². The average Bonchev–Trinajstić information content (AvgIpc) is 2.94. The maximum Gasteiger partial charge on any atom is 0.460 e. The molecule has 0 radical (unpaired) electrons. The molecule has 338 valence electrons. The molecule has 0 nitrogen and oxygen atoms in total. The first kappa shape index (κ1) is 53.9. The van der Waals surface area contributed by atoms with Crippen LogP contribution in [0.15, 0.2) is 0 Å². The second-order valence-corrected chi connectivity index (χ2v) is 11.8. The quantitative estimate of drug-likeness (QED) is 0.109. The summed E-state index contributed by atoms with van der Waals surface area (Å²) >= 11 is 2.80. The zero-order valence-electron chi connectivity index (χ0n) is 24.5. The molecule has 0 aliphatic heterocycles. The summed E-state index contributed by atoms with van der Waals surface area (Å²) in [7, 11) is 0. The molecule has 0 fully saturated rings. The van der Waals surface area contributed by atoms with Crippen LogP contribution in [0.5, 0.6) is 0 Å². The molecule has 0 aliphatic carbocycles. The van der Waals surface area contributed by atoms with Crippen LogP contribution in [-0.4, -0.2) is 106 Å². The number of rotatable bonds is 17. The van der Waals surface area contributed by atoms with Crippen molar-refractivity contribution in [3.63, 3.8) is 0 Å². The van der Waals surface area contributed by atoms with E-state index in [-0.39, 0.29) is 6.92 Å². The molecular weight excluding hydrogens is 937 g/mol. The topological polar surface area (TPSA) is 0 Å². The van der Waals surface area contributed by atoms with Gasteiger partial charge in [0.2, 0.25) is 0 Å². The fraction of sp³-hybridized carbons (Fsp3) is 1.00. The van der Waals surface area contributed by atoms with E-state index in [4.69, 9.17) is 0 Å². The Morgan fingerprint density at radius 2 is 0.375 bits per heavy atom. The van der Waals surface area contributed by atoms with Crippen molar-refractivity contribution >= 4 is 12.6 Å². The minimum absolute atomic E-state index is 0.151. The molecule has 1 atom stereocenters. The van der Waals surface area contributed by atoms with E-state index in [1.54, 1.807) is 0 Å². The van der Waals surface area contributed by atoms with Crippen LogP contribution in [-0.2, 0) is 0 Å². The summed E-state index contributed by atoms with van der Waals surface area (Å²) in [5.41, 5.74) is 0. The van der Waals surface area contributed by atoms with Gasteiger partial charge in [-0.1, -0.05) is 6.92 Å². The Balaban J connectivity index is 7.79. The van der Waals surface area contributed by atoms with Crippen molar-refractivity contribution in [2.45, 2.75) is 120 Å². The number of hydrogen-bond acceptors (Lipinski definition) is 1. The highest BCUT2D eigenvalue weighted by Crippen LogP contribution is 2.70. The van der Waals surface area contributed by atoms with Crippen LogP contribution >= 0.6 is 12.6 Å². The Bertz CT molecular complexity index is 1410. The Kier molecular flexibility index (Phi) is 12.7. The summed E-state index contributed by atoms with van der Waals surface area (Å²) in [6.45, 7) is 0.151. The maximum absolute atomic E-state index is 13.9. The highest BCUT2D eigenvalue weighted by molar-refractivity contribution is 7.80. The molecule has 1 unspecified atom stereocenters. The minimum atomic E-state index is -10.3. The molecule has 0 aromatic rings. The first-order valence-electron chi connectivity index (χ1n) is 12.2. The third-order valence-corrected chi connectivity index (χ3v) is 7.07. The monoisotopic (exact) mass is 944 g/mol. The van der Waals surface area contributed by atoms with Crippen molar-refractivity contribution in [1.82, 2.24) is 0 Å². The Morgan fingerprint density at radius 3 is 0.500 bits per heavy atom. The van der Waals surface area contributed by atoms with Crippen LogP contribution in [0.2, 0.25) is 0 Å². The maximum atomic E-state index is 13.9. The molecule has 0 heterocycles. The lowest BCUT2D eigenvalue weighted by atomic mass is 9.82. The Hall–Kier alpha value is -2.10. The summed E-state index contributed by atoms with van der Waals surface area (Å²) in [5, 5.41) is -2.47. The zero-order chi connectivity index (χ0) is 46.8. The second kappa shape index (κ2) is 13.2. The van der Waals surface area contributed by atoms with Crippen molar-refractivity contribution in [3.05, 3.63) is 0 Å². The highest BCUT2D eigenvalue weighted by Gasteiger charge is 3.02. The third kappa shape index (κ3) is 6.23. The van der Waals surface area contributed by atoms with Gasteiger partial charge >= 0.3 is 101 Å². The van der Waals surface area contributed by atoms with Crippen molar-refractivity contribution in [1.29, 1.82) is 0 Å². The molecule has 0 aliphatic rings. The zero-order valence-corrected chi connectivity index (χ0v) is 25.4. The highest BCUT2D eigenvalue weighted by atomic mass is 32.1. The van der Waals surface area contributed by atoms with Gasteiger partial charge in [0.25, 0.3) is 0 Å². The first-order chi connectivity index (χ1) is 23.4. The van der Waals surface area contributed by atoms with Gasteiger partial charge in [0, 0.05) is 11.7 Å². The van der Waals surface area contributed by atoms with Crippen molar-refractivity contribution in [2.75, 3.05) is 0 Å². The van der Waals surface area contributed by atoms with Gasteiger partial charge in [-0.3, -0.25) is 0 Å². The van der Waals surface area contributed by atoms with Crippen LogP contribution in [0, 0.1) is 0 Å². The lowest BCUT2D eigenvalue weighted by Gasteiger charge is -2.47. The predicted molar refractivity (Wildman–Crippen MR) is 108 cm³/mol. The van der Waals surface area contributed by atoms with E-state index in [0.717, 1.165) is 0 Å². The molecule has 0 saturated heterocycles. The van der Waals surface area contributed by atoms with Gasteiger partial charge < -0.3 is 0 Å². The van der Waals surface area contributed by atoms with Crippen LogP contribution in [0.25, 0.3) is 0 Å². The normalized spacial score (nSPS) is 17.7. The summed E-state index contributed by atoms with van der Waals surface area (Å²) in [6, 6.07) is 0. The van der Waals surface area contributed by atoms with Crippen molar-refractivity contribution < 1.29 is 154 Å². The van der Waals surface area contributed by atoms with E-state index in [0.29, 0.717) is 0 Å². The summed E-state index contributed by atoms with van der Waals surface area (Å²) < 4.78 is 474. The largest absolute Gasteiger partial charge is 0.460 e. The standard InChI is InChI=1S/C20H7F35S/c1-3(56)2-4(21,22)5(23,24)6(25,26)7(27,28)8(29,30)9(31,32)10(33,34)11(35,36)12(37,38)13(39,40)14(41,42)15(43,44)16(45,46)17(47,48)18(49,50)19(51,52)20(53,54)55/h3,56H,2H2,1H3. The molecule has 0 N–H and O–H groups in total. The van der Waals surface area contributed by atoms with Crippen LogP contribution < -0.4 is 0 Å². The number of alkyl halides is 35. The molecule has 0 spiro atoms. The molecule has 0 aromatic carbocycles. The van der Waals surface area contributed by atoms with E-state index in [1.807, 2.05) is 0 Å². The molecule has 56 heavy (non-hydrogen) atoms. The van der Waals surface area contributed by atoms with Crippen LogP contribution in [0.3, 0.4) is 0 Å². The average molecular weight is 944 g/mol. The second-order valence-electron chi connectivity index (χ2n) is 10.9. The predicted octanol–water partition coefficient (Wildman–Crippen LogP) is 12.4.